The minimum Gasteiger partial charge on any atom is -0.367 e. The van der Waals surface area contributed by atoms with E-state index in [2.05, 4.69) is 0 Å². The number of rotatable bonds is 6. The van der Waals surface area contributed by atoms with Gasteiger partial charge in [-0.15, -0.1) is 11.6 Å². The van der Waals surface area contributed by atoms with Crippen molar-refractivity contribution >= 4 is 17.4 Å². The molecule has 0 spiro atoms. The molecule has 0 heterocycles. The molecule has 0 N–H and O–H groups in total. The molecule has 0 saturated heterocycles. The third-order valence-electron chi connectivity index (χ3n) is 2.44. The van der Waals surface area contributed by atoms with Crippen molar-refractivity contribution in [1.29, 1.82) is 0 Å². The van der Waals surface area contributed by atoms with E-state index in [-0.39, 0.29) is 11.9 Å². The largest absolute Gasteiger partial charge is 0.367 e. The van der Waals surface area contributed by atoms with Gasteiger partial charge in [0.25, 0.3) is 0 Å². The zero-order chi connectivity index (χ0) is 12.8. The highest BCUT2D eigenvalue weighted by Gasteiger charge is 2.21. The second kappa shape index (κ2) is 6.77. The lowest BCUT2D eigenvalue weighted by atomic mass is 10.0. The van der Waals surface area contributed by atoms with Crippen LogP contribution in [0.15, 0.2) is 24.3 Å². The normalized spacial score (nSPS) is 12.8. The molecule has 1 aromatic rings. The maximum Gasteiger partial charge on any atom is 0.191 e. The van der Waals surface area contributed by atoms with E-state index in [9.17, 15) is 4.79 Å². The lowest BCUT2D eigenvalue weighted by Gasteiger charge is -2.18. The van der Waals surface area contributed by atoms with Crippen LogP contribution in [0.2, 0.25) is 0 Å². The molecule has 0 bridgehead atoms. The summed E-state index contributed by atoms with van der Waals surface area (Å²) in [7, 11) is 0. The second-order valence-corrected chi connectivity index (χ2v) is 4.76. The molecule has 0 fully saturated rings. The monoisotopic (exact) mass is 254 g/mol. The maximum atomic E-state index is 12.2. The lowest BCUT2D eigenvalue weighted by Crippen LogP contribution is -2.28. The molecule has 1 unspecified atom stereocenters. The SMILES string of the molecule is Cc1ccc(C(=O)C(CCCl)OC(C)C)cc1. The van der Waals surface area contributed by atoms with E-state index in [1.807, 2.05) is 45.0 Å². The quantitative estimate of drug-likeness (QED) is 0.573. The van der Waals surface area contributed by atoms with E-state index in [1.54, 1.807) is 0 Å². The molecular formula is C14H19ClO2. The minimum absolute atomic E-state index is 0.0133. The Morgan fingerprint density at radius 1 is 1.29 bits per heavy atom. The van der Waals surface area contributed by atoms with Gasteiger partial charge in [-0.05, 0) is 27.2 Å². The molecule has 0 amide bonds. The van der Waals surface area contributed by atoms with Gasteiger partial charge in [-0.1, -0.05) is 29.8 Å². The number of ether oxygens (including phenoxy) is 1. The predicted octanol–water partition coefficient (Wildman–Crippen LogP) is 3.60. The van der Waals surface area contributed by atoms with E-state index >= 15 is 0 Å². The predicted molar refractivity (Wildman–Crippen MR) is 70.9 cm³/mol. The summed E-state index contributed by atoms with van der Waals surface area (Å²) in [6.07, 6.45) is 0.139. The Morgan fingerprint density at radius 3 is 2.35 bits per heavy atom. The fourth-order valence-corrected chi connectivity index (χ4v) is 1.79. The molecule has 0 aliphatic carbocycles. The van der Waals surface area contributed by atoms with E-state index in [4.69, 9.17) is 16.3 Å². The Morgan fingerprint density at radius 2 is 1.88 bits per heavy atom. The second-order valence-electron chi connectivity index (χ2n) is 4.38. The molecule has 3 heteroatoms. The Bertz CT molecular complexity index is 357. The van der Waals surface area contributed by atoms with Crippen LogP contribution in [0.25, 0.3) is 0 Å². The molecule has 94 valence electrons. The molecule has 0 saturated carbocycles. The fourth-order valence-electron chi connectivity index (χ4n) is 1.59. The first-order valence-corrected chi connectivity index (χ1v) is 6.40. The molecule has 1 aromatic carbocycles. The van der Waals surface area contributed by atoms with Crippen LogP contribution in [-0.4, -0.2) is 23.9 Å². The number of carbonyl (C=O) groups excluding carboxylic acids is 1. The number of hydrogen-bond acceptors (Lipinski definition) is 2. The number of benzene rings is 1. The topological polar surface area (TPSA) is 26.3 Å². The van der Waals surface area contributed by atoms with Crippen LogP contribution in [-0.2, 0) is 4.74 Å². The summed E-state index contributed by atoms with van der Waals surface area (Å²) in [5.74, 6) is 0.439. The Kier molecular flexibility index (Phi) is 5.66. The van der Waals surface area contributed by atoms with Gasteiger partial charge >= 0.3 is 0 Å². The van der Waals surface area contributed by atoms with Gasteiger partial charge in [-0.2, -0.15) is 0 Å². The summed E-state index contributed by atoms with van der Waals surface area (Å²) in [6, 6.07) is 7.53. The van der Waals surface area contributed by atoms with Crippen molar-refractivity contribution in [3.05, 3.63) is 35.4 Å². The highest BCUT2D eigenvalue weighted by atomic mass is 35.5. The number of alkyl halides is 1. The molecule has 0 aromatic heterocycles. The number of halogens is 1. The van der Waals surface area contributed by atoms with Crippen LogP contribution in [0.3, 0.4) is 0 Å². The molecule has 1 atom stereocenters. The Labute approximate surface area is 108 Å². The van der Waals surface area contributed by atoms with E-state index in [1.165, 1.54) is 0 Å². The van der Waals surface area contributed by atoms with Crippen molar-refractivity contribution in [2.24, 2.45) is 0 Å². The lowest BCUT2D eigenvalue weighted by molar-refractivity contribution is 0.0113. The van der Waals surface area contributed by atoms with Gasteiger partial charge in [0.2, 0.25) is 0 Å². The molecular weight excluding hydrogens is 236 g/mol. The summed E-state index contributed by atoms with van der Waals surface area (Å²) < 4.78 is 5.60. The van der Waals surface area contributed by atoms with Crippen LogP contribution in [0.1, 0.15) is 36.2 Å². The highest BCUT2D eigenvalue weighted by Crippen LogP contribution is 2.13. The molecule has 0 aliphatic heterocycles. The Hall–Kier alpha value is -0.860. The van der Waals surface area contributed by atoms with Gasteiger partial charge in [-0.3, -0.25) is 4.79 Å². The van der Waals surface area contributed by atoms with Gasteiger partial charge < -0.3 is 4.74 Å². The van der Waals surface area contributed by atoms with Crippen molar-refractivity contribution in [3.63, 3.8) is 0 Å². The molecule has 2 nitrogen and oxygen atoms in total. The average Bonchev–Trinajstić information content (AvgIpc) is 2.28. The van der Waals surface area contributed by atoms with Crippen LogP contribution in [0.5, 0.6) is 0 Å². The third kappa shape index (κ3) is 4.49. The number of Topliss-reactive ketones (excluding diaryl/α,β-unsaturated/α-hetero) is 1. The molecule has 1 rings (SSSR count). The third-order valence-corrected chi connectivity index (χ3v) is 2.65. The molecule has 0 aliphatic rings. The summed E-state index contributed by atoms with van der Waals surface area (Å²) in [5.41, 5.74) is 1.83. The van der Waals surface area contributed by atoms with Gasteiger partial charge in [0.15, 0.2) is 5.78 Å². The smallest absolute Gasteiger partial charge is 0.191 e. The van der Waals surface area contributed by atoms with Crippen LogP contribution >= 0.6 is 11.6 Å². The molecule has 0 radical (unpaired) electrons. The van der Waals surface area contributed by atoms with Gasteiger partial charge in [0.1, 0.15) is 6.10 Å². The summed E-state index contributed by atoms with van der Waals surface area (Å²) in [4.78, 5) is 12.2. The minimum atomic E-state index is -0.435. The first-order chi connectivity index (χ1) is 8.04. The van der Waals surface area contributed by atoms with Gasteiger partial charge in [0, 0.05) is 11.4 Å². The Balaban J connectivity index is 2.79. The first kappa shape index (κ1) is 14.2. The zero-order valence-electron chi connectivity index (χ0n) is 10.6. The van der Waals surface area contributed by atoms with E-state index in [0.29, 0.717) is 17.9 Å². The number of hydrogen-bond donors (Lipinski definition) is 0. The maximum absolute atomic E-state index is 12.2. The highest BCUT2D eigenvalue weighted by molar-refractivity contribution is 6.18. The summed E-state index contributed by atoms with van der Waals surface area (Å²) in [6.45, 7) is 5.84. The average molecular weight is 255 g/mol. The standard InChI is InChI=1S/C14H19ClO2/c1-10(2)17-13(8-9-15)14(16)12-6-4-11(3)5-7-12/h4-7,10,13H,8-9H2,1-3H3. The number of ketones is 1. The van der Waals surface area contributed by atoms with Crippen LogP contribution < -0.4 is 0 Å². The zero-order valence-corrected chi connectivity index (χ0v) is 11.3. The van der Waals surface area contributed by atoms with Crippen LogP contribution in [0.4, 0.5) is 0 Å². The van der Waals surface area contributed by atoms with Gasteiger partial charge in [-0.25, -0.2) is 0 Å². The van der Waals surface area contributed by atoms with Crippen LogP contribution in [0, 0.1) is 6.92 Å². The van der Waals surface area contributed by atoms with Crippen molar-refractivity contribution in [3.8, 4) is 0 Å². The van der Waals surface area contributed by atoms with Crippen molar-refractivity contribution in [1.82, 2.24) is 0 Å². The number of aryl methyl sites for hydroxylation is 1. The van der Waals surface area contributed by atoms with E-state index < -0.39 is 6.10 Å². The van der Waals surface area contributed by atoms with Crippen molar-refractivity contribution in [2.45, 2.75) is 39.4 Å². The number of carbonyl (C=O) groups is 1. The molecule has 17 heavy (non-hydrogen) atoms. The fraction of sp³-hybridized carbons (Fsp3) is 0.500. The van der Waals surface area contributed by atoms with Gasteiger partial charge in [0.05, 0.1) is 6.10 Å². The first-order valence-electron chi connectivity index (χ1n) is 5.87. The summed E-state index contributed by atoms with van der Waals surface area (Å²) in [5, 5.41) is 0. The van der Waals surface area contributed by atoms with Crippen molar-refractivity contribution in [2.75, 3.05) is 5.88 Å². The summed E-state index contributed by atoms with van der Waals surface area (Å²) >= 11 is 5.70. The van der Waals surface area contributed by atoms with E-state index in [0.717, 1.165) is 5.56 Å². The van der Waals surface area contributed by atoms with Crippen molar-refractivity contribution < 1.29 is 9.53 Å².